The van der Waals surface area contributed by atoms with Crippen LogP contribution in [-0.4, -0.2) is 17.3 Å². The van der Waals surface area contributed by atoms with Crippen LogP contribution in [0, 0.1) is 11.6 Å². The molecule has 0 spiro atoms. The Bertz CT molecular complexity index is 783. The van der Waals surface area contributed by atoms with Crippen molar-refractivity contribution in [2.75, 3.05) is 7.11 Å². The van der Waals surface area contributed by atoms with Gasteiger partial charge in [-0.05, 0) is 30.3 Å². The van der Waals surface area contributed by atoms with E-state index < -0.39 is 5.82 Å². The topological polar surface area (TPSA) is 37.9 Å². The molecule has 5 heteroatoms. The minimum Gasteiger partial charge on any atom is -0.493 e. The van der Waals surface area contributed by atoms with Crippen LogP contribution in [0.3, 0.4) is 0 Å². The number of hydrogen-bond acceptors (Lipinski definition) is 2. The molecule has 21 heavy (non-hydrogen) atoms. The van der Waals surface area contributed by atoms with Crippen molar-refractivity contribution in [1.29, 1.82) is 0 Å². The van der Waals surface area contributed by atoms with E-state index in [1.165, 1.54) is 25.3 Å². The van der Waals surface area contributed by atoms with Gasteiger partial charge in [-0.2, -0.15) is 5.10 Å². The van der Waals surface area contributed by atoms with Gasteiger partial charge in [0.05, 0.1) is 18.5 Å². The van der Waals surface area contributed by atoms with Crippen LogP contribution in [0.1, 0.15) is 0 Å². The van der Waals surface area contributed by atoms with Crippen LogP contribution in [0.2, 0.25) is 0 Å². The minimum atomic E-state index is -0.453. The van der Waals surface area contributed by atoms with Crippen molar-refractivity contribution in [2.24, 2.45) is 0 Å². The molecular formula is C16H12F2N2O. The first-order valence-electron chi connectivity index (χ1n) is 6.33. The fourth-order valence-electron chi connectivity index (χ4n) is 2.18. The summed E-state index contributed by atoms with van der Waals surface area (Å²) in [7, 11) is 1.40. The molecule has 0 atom stereocenters. The smallest absolute Gasteiger partial charge is 0.165 e. The second-order valence-corrected chi connectivity index (χ2v) is 4.50. The van der Waals surface area contributed by atoms with E-state index in [1.54, 1.807) is 30.3 Å². The normalized spacial score (nSPS) is 10.6. The lowest BCUT2D eigenvalue weighted by Gasteiger charge is -2.06. The SMILES string of the molecule is COc1c(F)cccc1-c1cc(-c2cccc(F)c2)[nH]n1. The highest BCUT2D eigenvalue weighted by molar-refractivity contribution is 5.72. The molecule has 0 saturated heterocycles. The van der Waals surface area contributed by atoms with Gasteiger partial charge in [-0.3, -0.25) is 5.10 Å². The van der Waals surface area contributed by atoms with E-state index in [2.05, 4.69) is 10.2 Å². The maximum atomic E-state index is 13.7. The number of aromatic amines is 1. The highest BCUT2D eigenvalue weighted by Crippen LogP contribution is 2.32. The van der Waals surface area contributed by atoms with Crippen LogP contribution in [0.5, 0.6) is 5.75 Å². The predicted molar refractivity (Wildman–Crippen MR) is 75.9 cm³/mol. The van der Waals surface area contributed by atoms with Crippen LogP contribution in [0.4, 0.5) is 8.78 Å². The number of nitrogens with one attached hydrogen (secondary N) is 1. The zero-order chi connectivity index (χ0) is 14.8. The Morgan fingerprint density at radius 2 is 1.86 bits per heavy atom. The number of para-hydroxylation sites is 1. The summed E-state index contributed by atoms with van der Waals surface area (Å²) in [6.07, 6.45) is 0. The van der Waals surface area contributed by atoms with E-state index in [1.807, 2.05) is 0 Å². The lowest BCUT2D eigenvalue weighted by molar-refractivity contribution is 0.388. The average Bonchev–Trinajstić information content (AvgIpc) is 2.96. The molecule has 0 aliphatic rings. The Morgan fingerprint density at radius 1 is 1.05 bits per heavy atom. The predicted octanol–water partition coefficient (Wildman–Crippen LogP) is 4.03. The first-order chi connectivity index (χ1) is 10.2. The molecular weight excluding hydrogens is 274 g/mol. The van der Waals surface area contributed by atoms with Gasteiger partial charge >= 0.3 is 0 Å². The number of hydrogen-bond donors (Lipinski definition) is 1. The molecule has 1 heterocycles. The summed E-state index contributed by atoms with van der Waals surface area (Å²) >= 11 is 0. The van der Waals surface area contributed by atoms with Crippen molar-refractivity contribution >= 4 is 0 Å². The van der Waals surface area contributed by atoms with E-state index in [-0.39, 0.29) is 11.6 Å². The molecule has 3 nitrogen and oxygen atoms in total. The number of aromatic nitrogens is 2. The van der Waals surface area contributed by atoms with E-state index in [0.717, 1.165) is 0 Å². The summed E-state index contributed by atoms with van der Waals surface area (Å²) in [5.74, 6) is -0.646. The van der Waals surface area contributed by atoms with Crippen LogP contribution < -0.4 is 4.74 Å². The fourth-order valence-corrected chi connectivity index (χ4v) is 2.18. The second kappa shape index (κ2) is 5.36. The molecule has 2 aromatic carbocycles. The molecule has 1 N–H and O–H groups in total. The first kappa shape index (κ1) is 13.3. The molecule has 1 aromatic heterocycles. The Balaban J connectivity index is 2.05. The lowest BCUT2D eigenvalue weighted by Crippen LogP contribution is -1.91. The Hall–Kier alpha value is -2.69. The van der Waals surface area contributed by atoms with Gasteiger partial charge in [0.2, 0.25) is 0 Å². The van der Waals surface area contributed by atoms with Gasteiger partial charge in [0, 0.05) is 11.1 Å². The Kier molecular flexibility index (Phi) is 3.39. The van der Waals surface area contributed by atoms with Crippen LogP contribution in [-0.2, 0) is 0 Å². The highest BCUT2D eigenvalue weighted by atomic mass is 19.1. The third-order valence-corrected chi connectivity index (χ3v) is 3.16. The summed E-state index contributed by atoms with van der Waals surface area (Å²) in [6.45, 7) is 0. The van der Waals surface area contributed by atoms with Crippen molar-refractivity contribution in [1.82, 2.24) is 10.2 Å². The number of benzene rings is 2. The molecule has 0 aliphatic carbocycles. The van der Waals surface area contributed by atoms with E-state index in [4.69, 9.17) is 4.74 Å². The zero-order valence-electron chi connectivity index (χ0n) is 11.2. The van der Waals surface area contributed by atoms with Gasteiger partial charge in [0.25, 0.3) is 0 Å². The van der Waals surface area contributed by atoms with Crippen LogP contribution in [0.25, 0.3) is 22.5 Å². The molecule has 0 saturated carbocycles. The summed E-state index contributed by atoms with van der Waals surface area (Å²) in [5.41, 5.74) is 2.39. The lowest BCUT2D eigenvalue weighted by atomic mass is 10.1. The number of H-pyrrole nitrogens is 1. The highest BCUT2D eigenvalue weighted by Gasteiger charge is 2.14. The average molecular weight is 286 g/mol. The maximum absolute atomic E-state index is 13.7. The standard InChI is InChI=1S/C16H12F2N2O/c1-21-16-12(6-3-7-13(16)18)15-9-14(19-20-15)10-4-2-5-11(17)8-10/h2-9H,1H3,(H,19,20). The van der Waals surface area contributed by atoms with Gasteiger partial charge in [-0.1, -0.05) is 18.2 Å². The van der Waals surface area contributed by atoms with Crippen molar-refractivity contribution < 1.29 is 13.5 Å². The van der Waals surface area contributed by atoms with E-state index >= 15 is 0 Å². The molecule has 0 bridgehead atoms. The first-order valence-corrected chi connectivity index (χ1v) is 6.33. The quantitative estimate of drug-likeness (QED) is 0.789. The van der Waals surface area contributed by atoms with Crippen molar-refractivity contribution in [2.45, 2.75) is 0 Å². The molecule has 3 rings (SSSR count). The number of methoxy groups -OCH3 is 1. The summed E-state index contributed by atoms with van der Waals surface area (Å²) < 4.78 is 32.0. The molecule has 0 fully saturated rings. The van der Waals surface area contributed by atoms with Gasteiger partial charge in [0.15, 0.2) is 11.6 Å². The van der Waals surface area contributed by atoms with Gasteiger partial charge < -0.3 is 4.74 Å². The number of ether oxygens (including phenoxy) is 1. The Morgan fingerprint density at radius 3 is 2.62 bits per heavy atom. The molecule has 3 aromatic rings. The zero-order valence-corrected chi connectivity index (χ0v) is 11.2. The molecule has 0 radical (unpaired) electrons. The van der Waals surface area contributed by atoms with E-state index in [9.17, 15) is 8.78 Å². The third-order valence-electron chi connectivity index (χ3n) is 3.16. The Labute approximate surface area is 120 Å². The number of nitrogens with zero attached hydrogens (tertiary/aromatic N) is 1. The molecule has 0 unspecified atom stereocenters. The van der Waals surface area contributed by atoms with Crippen LogP contribution in [0.15, 0.2) is 48.5 Å². The second-order valence-electron chi connectivity index (χ2n) is 4.50. The minimum absolute atomic E-state index is 0.134. The van der Waals surface area contributed by atoms with Crippen molar-refractivity contribution in [3.63, 3.8) is 0 Å². The van der Waals surface area contributed by atoms with Gasteiger partial charge in [-0.25, -0.2) is 8.78 Å². The summed E-state index contributed by atoms with van der Waals surface area (Å²) in [6, 6.07) is 12.5. The van der Waals surface area contributed by atoms with Crippen molar-refractivity contribution in [3.8, 4) is 28.3 Å². The number of halogens is 2. The van der Waals surface area contributed by atoms with Gasteiger partial charge in [0.1, 0.15) is 5.82 Å². The monoisotopic (exact) mass is 286 g/mol. The van der Waals surface area contributed by atoms with E-state index in [0.29, 0.717) is 22.5 Å². The summed E-state index contributed by atoms with van der Waals surface area (Å²) in [4.78, 5) is 0. The molecule has 0 amide bonds. The summed E-state index contributed by atoms with van der Waals surface area (Å²) in [5, 5.41) is 6.97. The van der Waals surface area contributed by atoms with Gasteiger partial charge in [-0.15, -0.1) is 0 Å². The van der Waals surface area contributed by atoms with Crippen LogP contribution >= 0.6 is 0 Å². The molecule has 106 valence electrons. The van der Waals surface area contributed by atoms with Crippen molar-refractivity contribution in [3.05, 3.63) is 60.2 Å². The largest absolute Gasteiger partial charge is 0.493 e. The molecule has 0 aliphatic heterocycles. The third kappa shape index (κ3) is 2.50. The number of rotatable bonds is 3. The fraction of sp³-hybridized carbons (Fsp3) is 0.0625. The maximum Gasteiger partial charge on any atom is 0.165 e.